The van der Waals surface area contributed by atoms with Crippen LogP contribution in [0.4, 0.5) is 0 Å². The third kappa shape index (κ3) is 2.97. The zero-order chi connectivity index (χ0) is 13.3. The molecule has 0 radical (unpaired) electrons. The summed E-state index contributed by atoms with van der Waals surface area (Å²) >= 11 is 0. The third-order valence-electron chi connectivity index (χ3n) is 5.46. The lowest BCUT2D eigenvalue weighted by molar-refractivity contribution is -0.102. The molecule has 4 nitrogen and oxygen atoms in total. The summed E-state index contributed by atoms with van der Waals surface area (Å²) in [6, 6.07) is 1.57. The summed E-state index contributed by atoms with van der Waals surface area (Å²) in [7, 11) is 0. The molecule has 0 bridgehead atoms. The summed E-state index contributed by atoms with van der Waals surface area (Å²) in [4.78, 5) is 5.39. The molecule has 0 amide bonds. The highest BCUT2D eigenvalue weighted by Gasteiger charge is 2.36. The number of rotatable bonds is 3. The Bertz CT molecular complexity index is 300. The van der Waals surface area contributed by atoms with Crippen molar-refractivity contribution < 1.29 is 4.74 Å². The predicted octanol–water partition coefficient (Wildman–Crippen LogP) is 0.924. The minimum absolute atomic E-state index is 0.123. The van der Waals surface area contributed by atoms with Gasteiger partial charge in [-0.3, -0.25) is 9.80 Å². The maximum Gasteiger partial charge on any atom is 0.0666 e. The molecule has 110 valence electrons. The first-order valence-electron chi connectivity index (χ1n) is 8.03. The van der Waals surface area contributed by atoms with Crippen LogP contribution in [0.25, 0.3) is 0 Å². The lowest BCUT2D eigenvalue weighted by Crippen LogP contribution is -2.63. The van der Waals surface area contributed by atoms with Gasteiger partial charge in [-0.25, -0.2) is 0 Å². The smallest absolute Gasteiger partial charge is 0.0666 e. The van der Waals surface area contributed by atoms with E-state index in [4.69, 9.17) is 4.74 Å². The maximum atomic E-state index is 5.98. The Hall–Kier alpha value is -0.160. The van der Waals surface area contributed by atoms with E-state index >= 15 is 0 Å². The van der Waals surface area contributed by atoms with E-state index in [1.807, 2.05) is 0 Å². The molecule has 19 heavy (non-hydrogen) atoms. The molecule has 0 spiro atoms. The Kier molecular flexibility index (Phi) is 4.13. The molecule has 2 unspecified atom stereocenters. The highest BCUT2D eigenvalue weighted by Crippen LogP contribution is 2.31. The Balaban J connectivity index is 1.50. The number of nitrogens with zero attached hydrogens (tertiary/aromatic N) is 2. The van der Waals surface area contributed by atoms with Crippen LogP contribution in [0, 0.1) is 0 Å². The number of nitrogens with one attached hydrogen (secondary N) is 1. The van der Waals surface area contributed by atoms with Crippen LogP contribution < -0.4 is 5.32 Å². The fourth-order valence-electron chi connectivity index (χ4n) is 3.66. The molecule has 0 aliphatic carbocycles. The van der Waals surface area contributed by atoms with Crippen molar-refractivity contribution in [3.63, 3.8) is 0 Å². The van der Waals surface area contributed by atoms with Crippen LogP contribution in [0.15, 0.2) is 0 Å². The summed E-state index contributed by atoms with van der Waals surface area (Å²) in [5, 5.41) is 3.38. The first-order chi connectivity index (χ1) is 9.20. The van der Waals surface area contributed by atoms with Gasteiger partial charge in [0.25, 0.3) is 0 Å². The fourth-order valence-corrected chi connectivity index (χ4v) is 3.66. The van der Waals surface area contributed by atoms with Gasteiger partial charge in [0.1, 0.15) is 0 Å². The first kappa shape index (κ1) is 13.8. The van der Waals surface area contributed by atoms with Gasteiger partial charge in [-0.05, 0) is 26.2 Å². The van der Waals surface area contributed by atoms with Crippen LogP contribution in [-0.4, -0.2) is 73.4 Å². The normalized spacial score (nSPS) is 39.2. The predicted molar refractivity (Wildman–Crippen MR) is 77.5 cm³/mol. The van der Waals surface area contributed by atoms with Gasteiger partial charge in [-0.15, -0.1) is 0 Å². The molecule has 3 heterocycles. The van der Waals surface area contributed by atoms with Crippen molar-refractivity contribution in [1.29, 1.82) is 0 Å². The maximum absolute atomic E-state index is 5.98. The van der Waals surface area contributed by atoms with Gasteiger partial charge in [0.15, 0.2) is 0 Å². The molecule has 3 aliphatic rings. The minimum Gasteiger partial charge on any atom is -0.375 e. The van der Waals surface area contributed by atoms with Gasteiger partial charge < -0.3 is 10.1 Å². The Labute approximate surface area is 117 Å². The van der Waals surface area contributed by atoms with Crippen molar-refractivity contribution >= 4 is 0 Å². The number of piperazine rings is 1. The van der Waals surface area contributed by atoms with E-state index in [1.54, 1.807) is 0 Å². The van der Waals surface area contributed by atoms with Crippen LogP contribution >= 0.6 is 0 Å². The fraction of sp³-hybridized carbons (Fsp3) is 1.00. The standard InChI is InChI=1S/C15H29N3O/c1-3-15(2)10-13(4-9-19-15)17-5-7-18(8-6-17)14-11-16-12-14/h13-14,16H,3-12H2,1-2H3. The molecular weight excluding hydrogens is 238 g/mol. The highest BCUT2D eigenvalue weighted by atomic mass is 16.5. The van der Waals surface area contributed by atoms with Gasteiger partial charge in [0.05, 0.1) is 5.60 Å². The van der Waals surface area contributed by atoms with E-state index in [9.17, 15) is 0 Å². The van der Waals surface area contributed by atoms with Gasteiger partial charge in [-0.1, -0.05) is 6.92 Å². The average molecular weight is 267 g/mol. The third-order valence-corrected chi connectivity index (χ3v) is 5.46. The van der Waals surface area contributed by atoms with E-state index in [2.05, 4.69) is 29.0 Å². The minimum atomic E-state index is 0.123. The van der Waals surface area contributed by atoms with Crippen LogP contribution in [0.2, 0.25) is 0 Å². The summed E-state index contributed by atoms with van der Waals surface area (Å²) in [5.41, 5.74) is 0.123. The Morgan fingerprint density at radius 2 is 1.74 bits per heavy atom. The molecule has 0 aromatic carbocycles. The van der Waals surface area contributed by atoms with E-state index in [-0.39, 0.29) is 5.60 Å². The summed E-state index contributed by atoms with van der Waals surface area (Å²) in [6.45, 7) is 12.9. The van der Waals surface area contributed by atoms with Crippen LogP contribution in [-0.2, 0) is 4.74 Å². The highest BCUT2D eigenvalue weighted by molar-refractivity contribution is 4.92. The second kappa shape index (κ2) is 5.68. The first-order valence-corrected chi connectivity index (χ1v) is 8.03. The molecule has 3 fully saturated rings. The Morgan fingerprint density at radius 3 is 2.26 bits per heavy atom. The quantitative estimate of drug-likeness (QED) is 0.823. The van der Waals surface area contributed by atoms with Crippen LogP contribution in [0.5, 0.6) is 0 Å². The molecule has 3 saturated heterocycles. The molecular formula is C15H29N3O. The second-order valence-corrected chi connectivity index (χ2v) is 6.68. The van der Waals surface area contributed by atoms with Crippen molar-refractivity contribution in [2.24, 2.45) is 0 Å². The monoisotopic (exact) mass is 267 g/mol. The van der Waals surface area contributed by atoms with Gasteiger partial charge in [0, 0.05) is 58.0 Å². The van der Waals surface area contributed by atoms with E-state index < -0.39 is 0 Å². The van der Waals surface area contributed by atoms with Crippen molar-refractivity contribution in [2.75, 3.05) is 45.9 Å². The largest absolute Gasteiger partial charge is 0.375 e. The average Bonchev–Trinajstić information content (AvgIpc) is 2.38. The van der Waals surface area contributed by atoms with Crippen molar-refractivity contribution in [1.82, 2.24) is 15.1 Å². The van der Waals surface area contributed by atoms with E-state index in [0.29, 0.717) is 0 Å². The summed E-state index contributed by atoms with van der Waals surface area (Å²) < 4.78 is 5.98. The van der Waals surface area contributed by atoms with Crippen molar-refractivity contribution in [3.05, 3.63) is 0 Å². The van der Waals surface area contributed by atoms with Crippen LogP contribution in [0.1, 0.15) is 33.1 Å². The van der Waals surface area contributed by atoms with E-state index in [0.717, 1.165) is 25.1 Å². The lowest BCUT2D eigenvalue weighted by Gasteiger charge is -2.48. The topological polar surface area (TPSA) is 27.7 Å². The number of ether oxygens (including phenoxy) is 1. The van der Waals surface area contributed by atoms with Gasteiger partial charge >= 0.3 is 0 Å². The second-order valence-electron chi connectivity index (χ2n) is 6.68. The lowest BCUT2D eigenvalue weighted by atomic mass is 9.88. The molecule has 4 heteroatoms. The summed E-state index contributed by atoms with van der Waals surface area (Å²) in [5.74, 6) is 0. The summed E-state index contributed by atoms with van der Waals surface area (Å²) in [6.07, 6.45) is 3.58. The molecule has 0 aromatic rings. The number of hydrogen-bond acceptors (Lipinski definition) is 4. The molecule has 0 saturated carbocycles. The van der Waals surface area contributed by atoms with Gasteiger partial charge in [0.2, 0.25) is 0 Å². The van der Waals surface area contributed by atoms with Crippen molar-refractivity contribution in [2.45, 2.75) is 50.8 Å². The van der Waals surface area contributed by atoms with Crippen molar-refractivity contribution in [3.8, 4) is 0 Å². The molecule has 3 aliphatic heterocycles. The molecule has 0 aromatic heterocycles. The Morgan fingerprint density at radius 1 is 1.11 bits per heavy atom. The molecule has 1 N–H and O–H groups in total. The zero-order valence-corrected chi connectivity index (χ0v) is 12.5. The van der Waals surface area contributed by atoms with E-state index in [1.165, 1.54) is 52.1 Å². The molecule has 3 rings (SSSR count). The SMILES string of the molecule is CCC1(C)CC(N2CCN(C3CNC3)CC2)CCO1. The number of hydrogen-bond donors (Lipinski definition) is 1. The zero-order valence-electron chi connectivity index (χ0n) is 12.5. The van der Waals surface area contributed by atoms with Gasteiger partial charge in [-0.2, -0.15) is 0 Å². The van der Waals surface area contributed by atoms with Crippen LogP contribution in [0.3, 0.4) is 0 Å². The molecule has 2 atom stereocenters.